The number of nitrogens with one attached hydrogen (secondary N) is 1. The van der Waals surface area contributed by atoms with Crippen molar-refractivity contribution in [2.24, 2.45) is 10.9 Å². The Bertz CT molecular complexity index is 138. The molecule has 0 aromatic heterocycles. The summed E-state index contributed by atoms with van der Waals surface area (Å²) in [6, 6.07) is 0. The molecule has 0 spiro atoms. The molecule has 3 N–H and O–H groups in total. The van der Waals surface area contributed by atoms with Crippen molar-refractivity contribution in [3.05, 3.63) is 0 Å². The largest absolute Gasteiger partial charge is 0.323 e. The summed E-state index contributed by atoms with van der Waals surface area (Å²) in [6.07, 6.45) is 2.75. The zero-order chi connectivity index (χ0) is 7.98. The third-order valence-corrected chi connectivity index (χ3v) is 1.31. The van der Waals surface area contributed by atoms with Gasteiger partial charge in [-0.25, -0.2) is 0 Å². The first-order valence-corrected chi connectivity index (χ1v) is 3.44. The molecule has 0 aromatic rings. The summed E-state index contributed by atoms with van der Waals surface area (Å²) in [6.45, 7) is 3.72. The minimum atomic E-state index is 0.727. The molecule has 0 saturated carbocycles. The first-order chi connectivity index (χ1) is 4.66. The smallest absolute Gasteiger partial charge is 0.0345 e. The van der Waals surface area contributed by atoms with Gasteiger partial charge < -0.3 is 11.3 Å². The predicted molar refractivity (Wildman–Crippen MR) is 44.5 cm³/mol. The van der Waals surface area contributed by atoms with Crippen molar-refractivity contribution in [2.45, 2.75) is 33.1 Å². The molecule has 0 aliphatic rings. The van der Waals surface area contributed by atoms with Crippen LogP contribution in [0, 0.1) is 5.41 Å². The molecule has 0 rings (SSSR count). The quantitative estimate of drug-likeness (QED) is 0.348. The third kappa shape index (κ3) is 5.28. The van der Waals surface area contributed by atoms with E-state index in [1.165, 1.54) is 0 Å². The lowest BCUT2D eigenvalue weighted by Gasteiger charge is -1.96. The van der Waals surface area contributed by atoms with E-state index in [0.29, 0.717) is 0 Å². The number of nitrogens with two attached hydrogens (primary N) is 1. The van der Waals surface area contributed by atoms with Gasteiger partial charge in [0.2, 0.25) is 0 Å². The van der Waals surface area contributed by atoms with Gasteiger partial charge in [-0.3, -0.25) is 0 Å². The van der Waals surface area contributed by atoms with Gasteiger partial charge in [-0.15, -0.1) is 0 Å². The number of hydrazone groups is 1. The maximum absolute atomic E-state index is 7.12. The van der Waals surface area contributed by atoms with E-state index in [1.54, 1.807) is 0 Å². The first kappa shape index (κ1) is 9.14. The number of hydrogen-bond acceptors (Lipinski definition) is 3. The molecule has 0 unspecified atom stereocenters. The van der Waals surface area contributed by atoms with Crippen LogP contribution in [0.25, 0.3) is 0 Å². The molecule has 0 heterocycles. The monoisotopic (exact) mass is 141 g/mol. The van der Waals surface area contributed by atoms with Crippen molar-refractivity contribution in [1.29, 1.82) is 5.41 Å². The molecule has 3 nitrogen and oxygen atoms in total. The predicted octanol–water partition coefficient (Wildman–Crippen LogP) is 1.53. The third-order valence-electron chi connectivity index (χ3n) is 1.31. The van der Waals surface area contributed by atoms with E-state index in [1.807, 2.05) is 13.8 Å². The van der Waals surface area contributed by atoms with E-state index in [0.717, 1.165) is 30.7 Å². The van der Waals surface area contributed by atoms with E-state index in [2.05, 4.69) is 5.10 Å². The van der Waals surface area contributed by atoms with Crippen molar-refractivity contribution in [2.75, 3.05) is 0 Å². The van der Waals surface area contributed by atoms with E-state index in [-0.39, 0.29) is 0 Å². The van der Waals surface area contributed by atoms with Gasteiger partial charge in [-0.2, -0.15) is 5.10 Å². The molecule has 58 valence electrons. The SMILES string of the molecule is CC(=N)CCC/C(C)=N\N. The van der Waals surface area contributed by atoms with Crippen molar-refractivity contribution < 1.29 is 0 Å². The molecular formula is C7H15N3. The second-order valence-corrected chi connectivity index (χ2v) is 2.50. The Labute approximate surface area is 61.8 Å². The Balaban J connectivity index is 3.29. The molecule has 0 amide bonds. The topological polar surface area (TPSA) is 62.2 Å². The summed E-state index contributed by atoms with van der Waals surface area (Å²) >= 11 is 0. The normalized spacial score (nSPS) is 11.6. The van der Waals surface area contributed by atoms with Gasteiger partial charge >= 0.3 is 0 Å². The fourth-order valence-electron chi connectivity index (χ4n) is 0.674. The molecule has 0 aliphatic heterocycles. The molecule has 0 aromatic carbocycles. The van der Waals surface area contributed by atoms with Gasteiger partial charge in [-0.05, 0) is 33.1 Å². The molecule has 3 heteroatoms. The Morgan fingerprint density at radius 1 is 1.40 bits per heavy atom. The van der Waals surface area contributed by atoms with Crippen LogP contribution in [-0.4, -0.2) is 11.4 Å². The summed E-state index contributed by atoms with van der Waals surface area (Å²) in [5, 5.41) is 10.7. The van der Waals surface area contributed by atoms with Crippen molar-refractivity contribution in [1.82, 2.24) is 0 Å². The summed E-state index contributed by atoms with van der Waals surface area (Å²) in [5.74, 6) is 5.02. The van der Waals surface area contributed by atoms with Gasteiger partial charge in [0.05, 0.1) is 0 Å². The highest BCUT2D eigenvalue weighted by atomic mass is 15.1. The summed E-state index contributed by atoms with van der Waals surface area (Å²) < 4.78 is 0. The van der Waals surface area contributed by atoms with Crippen LogP contribution in [0.5, 0.6) is 0 Å². The minimum absolute atomic E-state index is 0.727. The standard InChI is InChI=1S/C7H15N3/c1-6(8)4-3-5-7(2)10-9/h8H,3-5,9H2,1-2H3/b8-6?,10-7-. The highest BCUT2D eigenvalue weighted by Crippen LogP contribution is 1.97. The van der Waals surface area contributed by atoms with Gasteiger partial charge in [0, 0.05) is 11.4 Å². The van der Waals surface area contributed by atoms with Crippen molar-refractivity contribution >= 4 is 11.4 Å². The molecule has 0 aliphatic carbocycles. The number of rotatable bonds is 4. The van der Waals surface area contributed by atoms with Crippen LogP contribution in [0.3, 0.4) is 0 Å². The van der Waals surface area contributed by atoms with Gasteiger partial charge in [0.25, 0.3) is 0 Å². The highest BCUT2D eigenvalue weighted by molar-refractivity contribution is 5.83. The van der Waals surface area contributed by atoms with Crippen molar-refractivity contribution in [3.63, 3.8) is 0 Å². The van der Waals surface area contributed by atoms with Crippen LogP contribution >= 0.6 is 0 Å². The van der Waals surface area contributed by atoms with E-state index < -0.39 is 0 Å². The lowest BCUT2D eigenvalue weighted by atomic mass is 10.1. The lowest BCUT2D eigenvalue weighted by molar-refractivity contribution is 0.905. The number of hydrogen-bond donors (Lipinski definition) is 2. The molecule has 0 fully saturated rings. The molecule has 0 radical (unpaired) electrons. The Morgan fingerprint density at radius 3 is 2.40 bits per heavy atom. The average molecular weight is 141 g/mol. The van der Waals surface area contributed by atoms with Crippen LogP contribution in [0.2, 0.25) is 0 Å². The summed E-state index contributed by atoms with van der Waals surface area (Å²) in [5.41, 5.74) is 1.69. The van der Waals surface area contributed by atoms with E-state index >= 15 is 0 Å². The van der Waals surface area contributed by atoms with Crippen LogP contribution in [-0.2, 0) is 0 Å². The maximum atomic E-state index is 7.12. The second kappa shape index (κ2) is 4.97. The van der Waals surface area contributed by atoms with Crippen LogP contribution < -0.4 is 5.84 Å². The van der Waals surface area contributed by atoms with Gasteiger partial charge in [0.1, 0.15) is 0 Å². The molecule has 0 atom stereocenters. The average Bonchev–Trinajstić information content (AvgIpc) is 1.87. The minimum Gasteiger partial charge on any atom is -0.323 e. The number of nitrogens with zero attached hydrogens (tertiary/aromatic N) is 1. The second-order valence-electron chi connectivity index (χ2n) is 2.50. The zero-order valence-electron chi connectivity index (χ0n) is 6.65. The highest BCUT2D eigenvalue weighted by Gasteiger charge is 1.92. The van der Waals surface area contributed by atoms with Gasteiger partial charge in [-0.1, -0.05) is 0 Å². The molecule has 0 bridgehead atoms. The Hall–Kier alpha value is -0.860. The fourth-order valence-corrected chi connectivity index (χ4v) is 0.674. The fraction of sp³-hybridized carbons (Fsp3) is 0.714. The van der Waals surface area contributed by atoms with Crippen LogP contribution in [0.1, 0.15) is 33.1 Å². The molecular weight excluding hydrogens is 126 g/mol. The molecule has 0 saturated heterocycles. The van der Waals surface area contributed by atoms with E-state index in [9.17, 15) is 0 Å². The Morgan fingerprint density at radius 2 is 2.00 bits per heavy atom. The zero-order valence-corrected chi connectivity index (χ0v) is 6.65. The van der Waals surface area contributed by atoms with Gasteiger partial charge in [0.15, 0.2) is 0 Å². The maximum Gasteiger partial charge on any atom is 0.0345 e. The van der Waals surface area contributed by atoms with Crippen LogP contribution in [0.4, 0.5) is 0 Å². The summed E-state index contributed by atoms with van der Waals surface area (Å²) in [7, 11) is 0. The van der Waals surface area contributed by atoms with Crippen molar-refractivity contribution in [3.8, 4) is 0 Å². The van der Waals surface area contributed by atoms with E-state index in [4.69, 9.17) is 11.3 Å². The Kier molecular flexibility index (Phi) is 4.54. The first-order valence-electron chi connectivity index (χ1n) is 3.44. The van der Waals surface area contributed by atoms with Crippen LogP contribution in [0.15, 0.2) is 5.10 Å². The summed E-state index contributed by atoms with van der Waals surface area (Å²) in [4.78, 5) is 0. The molecule has 10 heavy (non-hydrogen) atoms. The lowest BCUT2D eigenvalue weighted by Crippen LogP contribution is -1.97.